The summed E-state index contributed by atoms with van der Waals surface area (Å²) >= 11 is 6.10. The van der Waals surface area contributed by atoms with Gasteiger partial charge in [0.1, 0.15) is 12.4 Å². The van der Waals surface area contributed by atoms with Gasteiger partial charge in [-0.1, -0.05) is 36.7 Å². The van der Waals surface area contributed by atoms with Crippen LogP contribution in [0.2, 0.25) is 5.02 Å². The van der Waals surface area contributed by atoms with Gasteiger partial charge in [0.2, 0.25) is 0 Å². The van der Waals surface area contributed by atoms with Gasteiger partial charge in [-0.05, 0) is 25.1 Å². The van der Waals surface area contributed by atoms with Gasteiger partial charge in [0.25, 0.3) is 0 Å². The molecule has 0 atom stereocenters. The van der Waals surface area contributed by atoms with Crippen molar-refractivity contribution in [2.45, 2.75) is 26.5 Å². The number of halogens is 1. The van der Waals surface area contributed by atoms with Crippen molar-refractivity contribution in [2.24, 2.45) is 0 Å². The molecule has 106 valence electrons. The van der Waals surface area contributed by atoms with Crippen molar-refractivity contribution in [3.05, 3.63) is 58.9 Å². The van der Waals surface area contributed by atoms with Crippen LogP contribution < -0.4 is 10.1 Å². The van der Waals surface area contributed by atoms with Gasteiger partial charge in [-0.25, -0.2) is 0 Å². The van der Waals surface area contributed by atoms with E-state index in [1.54, 1.807) is 6.20 Å². The third-order valence-corrected chi connectivity index (χ3v) is 3.24. The van der Waals surface area contributed by atoms with Gasteiger partial charge >= 0.3 is 0 Å². The van der Waals surface area contributed by atoms with Crippen molar-refractivity contribution < 1.29 is 4.74 Å². The third-order valence-electron chi connectivity index (χ3n) is 2.87. The molecule has 0 aliphatic carbocycles. The second kappa shape index (κ2) is 7.88. The molecule has 2 aromatic rings. The molecule has 0 unspecified atom stereocenters. The molecule has 0 spiro atoms. The smallest absolute Gasteiger partial charge is 0.123 e. The normalized spacial score (nSPS) is 10.5. The maximum Gasteiger partial charge on any atom is 0.123 e. The number of nitrogens with zero attached hydrogens (tertiary/aromatic N) is 1. The molecule has 0 aliphatic heterocycles. The second-order valence-corrected chi connectivity index (χ2v) is 4.95. The zero-order valence-electron chi connectivity index (χ0n) is 11.6. The number of hydrogen-bond donors (Lipinski definition) is 1. The molecule has 1 aromatic carbocycles. The lowest BCUT2D eigenvalue weighted by Crippen LogP contribution is -2.14. The quantitative estimate of drug-likeness (QED) is 0.787. The van der Waals surface area contributed by atoms with E-state index < -0.39 is 0 Å². The second-order valence-electron chi connectivity index (χ2n) is 4.54. The summed E-state index contributed by atoms with van der Waals surface area (Å²) < 4.78 is 5.77. The van der Waals surface area contributed by atoms with E-state index in [1.807, 2.05) is 36.4 Å². The lowest BCUT2D eigenvalue weighted by atomic mass is 10.2. The molecule has 0 fully saturated rings. The Labute approximate surface area is 124 Å². The molecule has 4 heteroatoms. The SMILES string of the molecule is CCCNCc1cc(OCc2ccccc2Cl)ccn1. The van der Waals surface area contributed by atoms with E-state index in [-0.39, 0.29) is 0 Å². The highest BCUT2D eigenvalue weighted by Gasteiger charge is 2.02. The van der Waals surface area contributed by atoms with Crippen molar-refractivity contribution in [3.63, 3.8) is 0 Å². The van der Waals surface area contributed by atoms with Crippen LogP contribution in [-0.2, 0) is 13.2 Å². The first-order valence-electron chi connectivity index (χ1n) is 6.81. The predicted molar refractivity (Wildman–Crippen MR) is 82.0 cm³/mol. The minimum Gasteiger partial charge on any atom is -0.489 e. The van der Waals surface area contributed by atoms with Crippen LogP contribution in [-0.4, -0.2) is 11.5 Å². The Bertz CT molecular complexity index is 546. The number of benzene rings is 1. The number of hydrogen-bond acceptors (Lipinski definition) is 3. The van der Waals surface area contributed by atoms with E-state index in [0.29, 0.717) is 6.61 Å². The van der Waals surface area contributed by atoms with Crippen molar-refractivity contribution in [1.82, 2.24) is 10.3 Å². The van der Waals surface area contributed by atoms with Crippen molar-refractivity contribution in [3.8, 4) is 5.75 Å². The third kappa shape index (κ3) is 4.51. The summed E-state index contributed by atoms with van der Waals surface area (Å²) in [6.07, 6.45) is 2.88. The van der Waals surface area contributed by atoms with Crippen LogP contribution in [0.4, 0.5) is 0 Å². The molecule has 1 heterocycles. The monoisotopic (exact) mass is 290 g/mol. The first kappa shape index (κ1) is 14.8. The lowest BCUT2D eigenvalue weighted by molar-refractivity contribution is 0.305. The Morgan fingerprint density at radius 3 is 2.90 bits per heavy atom. The van der Waals surface area contributed by atoms with Crippen LogP contribution in [0.25, 0.3) is 0 Å². The zero-order chi connectivity index (χ0) is 14.2. The molecule has 0 radical (unpaired) electrons. The Morgan fingerprint density at radius 2 is 2.10 bits per heavy atom. The molecule has 1 aromatic heterocycles. The molecule has 0 amide bonds. The van der Waals surface area contributed by atoms with E-state index in [4.69, 9.17) is 16.3 Å². The van der Waals surface area contributed by atoms with Gasteiger partial charge < -0.3 is 10.1 Å². The number of nitrogens with one attached hydrogen (secondary N) is 1. The van der Waals surface area contributed by atoms with E-state index in [9.17, 15) is 0 Å². The van der Waals surface area contributed by atoms with Crippen LogP contribution in [0, 0.1) is 0 Å². The van der Waals surface area contributed by atoms with Crippen molar-refractivity contribution in [1.29, 1.82) is 0 Å². The van der Waals surface area contributed by atoms with Gasteiger partial charge in [0, 0.05) is 29.4 Å². The van der Waals surface area contributed by atoms with Crippen LogP contribution in [0.3, 0.4) is 0 Å². The topological polar surface area (TPSA) is 34.1 Å². The summed E-state index contributed by atoms with van der Waals surface area (Å²) in [5.74, 6) is 0.813. The molecule has 1 N–H and O–H groups in total. The minimum absolute atomic E-state index is 0.464. The molecule has 0 saturated carbocycles. The summed E-state index contributed by atoms with van der Waals surface area (Å²) in [7, 11) is 0. The van der Waals surface area contributed by atoms with Gasteiger partial charge in [0.05, 0.1) is 5.69 Å². The molecule has 0 saturated heterocycles. The standard InChI is InChI=1S/C16H19ClN2O/c1-2-8-18-11-14-10-15(7-9-19-14)20-12-13-5-3-4-6-16(13)17/h3-7,9-10,18H,2,8,11-12H2,1H3. The van der Waals surface area contributed by atoms with Crippen LogP contribution in [0.15, 0.2) is 42.6 Å². The van der Waals surface area contributed by atoms with Crippen LogP contribution in [0.5, 0.6) is 5.75 Å². The first-order valence-corrected chi connectivity index (χ1v) is 7.19. The van der Waals surface area contributed by atoms with Crippen LogP contribution in [0.1, 0.15) is 24.6 Å². The summed E-state index contributed by atoms with van der Waals surface area (Å²) in [6, 6.07) is 11.5. The first-order chi connectivity index (χ1) is 9.79. The molecular weight excluding hydrogens is 272 g/mol. The maximum absolute atomic E-state index is 6.10. The fourth-order valence-corrected chi connectivity index (χ4v) is 2.00. The Balaban J connectivity index is 1.93. The largest absolute Gasteiger partial charge is 0.489 e. The number of aromatic nitrogens is 1. The summed E-state index contributed by atoms with van der Waals surface area (Å²) in [5.41, 5.74) is 1.96. The maximum atomic E-state index is 6.10. The fraction of sp³-hybridized carbons (Fsp3) is 0.312. The Kier molecular flexibility index (Phi) is 5.84. The van der Waals surface area contributed by atoms with Crippen molar-refractivity contribution in [2.75, 3.05) is 6.54 Å². The van der Waals surface area contributed by atoms with E-state index in [0.717, 1.165) is 41.5 Å². The Hall–Kier alpha value is -1.58. The van der Waals surface area contributed by atoms with Gasteiger partial charge in [-0.3, -0.25) is 4.98 Å². The van der Waals surface area contributed by atoms with Crippen LogP contribution >= 0.6 is 11.6 Å². The summed E-state index contributed by atoms with van der Waals surface area (Å²) in [6.45, 7) is 4.36. The average molecular weight is 291 g/mol. The molecule has 2 rings (SSSR count). The zero-order valence-corrected chi connectivity index (χ0v) is 12.4. The van der Waals surface area contributed by atoms with Gasteiger partial charge in [0.15, 0.2) is 0 Å². The van der Waals surface area contributed by atoms with Gasteiger partial charge in [-0.15, -0.1) is 0 Å². The van der Waals surface area contributed by atoms with Gasteiger partial charge in [-0.2, -0.15) is 0 Å². The molecule has 0 bridgehead atoms. The number of ether oxygens (including phenoxy) is 1. The van der Waals surface area contributed by atoms with Crippen molar-refractivity contribution >= 4 is 11.6 Å². The summed E-state index contributed by atoms with van der Waals surface area (Å²) in [5, 5.41) is 4.05. The highest BCUT2D eigenvalue weighted by Crippen LogP contribution is 2.18. The molecule has 3 nitrogen and oxygen atoms in total. The Morgan fingerprint density at radius 1 is 1.25 bits per heavy atom. The fourth-order valence-electron chi connectivity index (χ4n) is 1.81. The molecule has 20 heavy (non-hydrogen) atoms. The predicted octanol–water partition coefficient (Wildman–Crippen LogP) is 3.81. The minimum atomic E-state index is 0.464. The summed E-state index contributed by atoms with van der Waals surface area (Å²) in [4.78, 5) is 4.32. The highest BCUT2D eigenvalue weighted by molar-refractivity contribution is 6.31. The van der Waals surface area contributed by atoms with E-state index >= 15 is 0 Å². The molecular formula is C16H19ClN2O. The van der Waals surface area contributed by atoms with E-state index in [1.165, 1.54) is 0 Å². The lowest BCUT2D eigenvalue weighted by Gasteiger charge is -2.09. The highest BCUT2D eigenvalue weighted by atomic mass is 35.5. The molecule has 0 aliphatic rings. The average Bonchev–Trinajstić information content (AvgIpc) is 2.47. The number of rotatable bonds is 7. The number of pyridine rings is 1. The van der Waals surface area contributed by atoms with E-state index in [2.05, 4.69) is 17.2 Å².